The summed E-state index contributed by atoms with van der Waals surface area (Å²) in [6.45, 7) is 2.09. The van der Waals surface area contributed by atoms with Gasteiger partial charge in [-0.2, -0.15) is 0 Å². The van der Waals surface area contributed by atoms with E-state index < -0.39 is 0 Å². The Labute approximate surface area is 44.1 Å². The van der Waals surface area contributed by atoms with E-state index in [0.717, 1.165) is 6.54 Å². The lowest BCUT2D eigenvalue weighted by Crippen LogP contribution is -2.22. The normalized spacial score (nSPS) is 8.00. The van der Waals surface area contributed by atoms with Gasteiger partial charge in [0.1, 0.15) is 0 Å². The Morgan fingerprint density at radius 3 is 2.86 bits per heavy atom. The Morgan fingerprint density at radius 2 is 2.43 bits per heavy atom. The maximum absolute atomic E-state index is 5.14. The van der Waals surface area contributed by atoms with Crippen molar-refractivity contribution < 1.29 is 0 Å². The summed E-state index contributed by atoms with van der Waals surface area (Å²) in [4.78, 5) is 0. The van der Waals surface area contributed by atoms with Gasteiger partial charge in [0, 0.05) is 13.1 Å². The molecule has 3 N–H and O–H groups in total. The van der Waals surface area contributed by atoms with Crippen LogP contribution in [0.3, 0.4) is 0 Å². The SMILES string of the molecule is C#CCNCCN. The smallest absolute Gasteiger partial charge is 0.0574 e. The van der Waals surface area contributed by atoms with E-state index in [1.807, 2.05) is 0 Å². The fraction of sp³-hybridized carbons (Fsp3) is 0.600. The highest BCUT2D eigenvalue weighted by Gasteiger charge is 1.73. The molecule has 0 atom stereocenters. The number of hydrogen-bond acceptors (Lipinski definition) is 2. The van der Waals surface area contributed by atoms with Crippen molar-refractivity contribution in [1.82, 2.24) is 5.32 Å². The van der Waals surface area contributed by atoms with E-state index >= 15 is 0 Å². The molecule has 0 fully saturated rings. The summed E-state index contributed by atoms with van der Waals surface area (Å²) in [7, 11) is 0. The zero-order valence-corrected chi connectivity index (χ0v) is 4.28. The van der Waals surface area contributed by atoms with Crippen molar-refractivity contribution in [3.8, 4) is 12.3 Å². The Hall–Kier alpha value is -0.520. The van der Waals surface area contributed by atoms with Gasteiger partial charge < -0.3 is 11.1 Å². The van der Waals surface area contributed by atoms with Crippen molar-refractivity contribution in [3.05, 3.63) is 0 Å². The van der Waals surface area contributed by atoms with Crippen LogP contribution in [0.2, 0.25) is 0 Å². The fourth-order valence-corrected chi connectivity index (χ4v) is 0.263. The second-order valence-electron chi connectivity index (χ2n) is 1.17. The van der Waals surface area contributed by atoms with Crippen LogP contribution in [-0.4, -0.2) is 19.6 Å². The molecule has 40 valence electrons. The first kappa shape index (κ1) is 6.48. The molecule has 0 heterocycles. The number of hydrogen-bond donors (Lipinski definition) is 2. The lowest BCUT2D eigenvalue weighted by atomic mass is 10.6. The second-order valence-corrected chi connectivity index (χ2v) is 1.17. The quantitative estimate of drug-likeness (QED) is 0.357. The molecule has 0 aromatic rings. The topological polar surface area (TPSA) is 38.0 Å². The molecule has 2 heteroatoms. The highest BCUT2D eigenvalue weighted by Crippen LogP contribution is 1.49. The zero-order valence-electron chi connectivity index (χ0n) is 4.28. The molecule has 0 aromatic carbocycles. The Bertz CT molecular complexity index is 63.0. The van der Waals surface area contributed by atoms with E-state index in [1.54, 1.807) is 0 Å². The maximum atomic E-state index is 5.14. The average Bonchev–Trinajstić information content (AvgIpc) is 1.69. The van der Waals surface area contributed by atoms with E-state index in [1.165, 1.54) is 0 Å². The molecule has 0 aromatic heterocycles. The second kappa shape index (κ2) is 5.48. The standard InChI is InChI=1S/C5H10N2/c1-2-4-7-5-3-6/h1,7H,3-6H2. The summed E-state index contributed by atoms with van der Waals surface area (Å²) < 4.78 is 0. The lowest BCUT2D eigenvalue weighted by Gasteiger charge is -1.91. The molecule has 0 saturated heterocycles. The minimum Gasteiger partial charge on any atom is -0.329 e. The van der Waals surface area contributed by atoms with Crippen LogP contribution in [0.1, 0.15) is 0 Å². The Kier molecular flexibility index (Phi) is 5.07. The Morgan fingerprint density at radius 1 is 1.71 bits per heavy atom. The van der Waals surface area contributed by atoms with Crippen LogP contribution >= 0.6 is 0 Å². The summed E-state index contributed by atoms with van der Waals surface area (Å²) in [6.07, 6.45) is 4.92. The van der Waals surface area contributed by atoms with Crippen molar-refractivity contribution in [2.75, 3.05) is 19.6 Å². The monoisotopic (exact) mass is 98.1 g/mol. The van der Waals surface area contributed by atoms with Crippen molar-refractivity contribution in [1.29, 1.82) is 0 Å². The third kappa shape index (κ3) is 5.48. The van der Waals surface area contributed by atoms with Crippen LogP contribution in [0.15, 0.2) is 0 Å². The highest BCUT2D eigenvalue weighted by atomic mass is 14.9. The number of nitrogens with one attached hydrogen (secondary N) is 1. The third-order valence-electron chi connectivity index (χ3n) is 0.548. The maximum Gasteiger partial charge on any atom is 0.0574 e. The molecule has 7 heavy (non-hydrogen) atoms. The van der Waals surface area contributed by atoms with Crippen LogP contribution < -0.4 is 11.1 Å². The molecule has 0 saturated carbocycles. The predicted octanol–water partition coefficient (Wildman–Crippen LogP) is -0.832. The fourth-order valence-electron chi connectivity index (χ4n) is 0.263. The minimum atomic E-state index is 0.622. The molecule has 0 radical (unpaired) electrons. The van der Waals surface area contributed by atoms with Crippen LogP contribution in [0, 0.1) is 12.3 Å². The number of terminal acetylenes is 1. The first-order valence-electron chi connectivity index (χ1n) is 2.26. The molecule has 0 aliphatic heterocycles. The molecular weight excluding hydrogens is 88.1 g/mol. The van der Waals surface area contributed by atoms with E-state index in [2.05, 4.69) is 11.2 Å². The van der Waals surface area contributed by atoms with Crippen molar-refractivity contribution in [2.45, 2.75) is 0 Å². The summed E-state index contributed by atoms with van der Waals surface area (Å²) >= 11 is 0. The van der Waals surface area contributed by atoms with Crippen LogP contribution in [0.5, 0.6) is 0 Å². The van der Waals surface area contributed by atoms with Crippen LogP contribution in [-0.2, 0) is 0 Å². The molecule has 0 aliphatic rings. The van der Waals surface area contributed by atoms with E-state index in [4.69, 9.17) is 12.2 Å². The molecule has 0 spiro atoms. The van der Waals surface area contributed by atoms with Gasteiger partial charge in [0.25, 0.3) is 0 Å². The Balaban J connectivity index is 2.60. The van der Waals surface area contributed by atoms with Gasteiger partial charge in [0.15, 0.2) is 0 Å². The molecule has 0 bridgehead atoms. The number of rotatable bonds is 3. The molecule has 0 unspecified atom stereocenters. The minimum absolute atomic E-state index is 0.622. The molecule has 0 amide bonds. The molecule has 0 aliphatic carbocycles. The van der Waals surface area contributed by atoms with Gasteiger partial charge in [-0.05, 0) is 0 Å². The van der Waals surface area contributed by atoms with Crippen molar-refractivity contribution >= 4 is 0 Å². The largest absolute Gasteiger partial charge is 0.329 e. The van der Waals surface area contributed by atoms with Gasteiger partial charge in [-0.3, -0.25) is 0 Å². The summed E-state index contributed by atoms with van der Waals surface area (Å²) in [5, 5.41) is 2.92. The van der Waals surface area contributed by atoms with Gasteiger partial charge >= 0.3 is 0 Å². The summed E-state index contributed by atoms with van der Waals surface area (Å²) in [5.41, 5.74) is 5.14. The summed E-state index contributed by atoms with van der Waals surface area (Å²) in [5.74, 6) is 2.44. The van der Waals surface area contributed by atoms with Gasteiger partial charge in [-0.25, -0.2) is 0 Å². The van der Waals surface area contributed by atoms with Gasteiger partial charge in [-0.1, -0.05) is 5.92 Å². The zero-order chi connectivity index (χ0) is 5.54. The van der Waals surface area contributed by atoms with Gasteiger partial charge in [0.2, 0.25) is 0 Å². The van der Waals surface area contributed by atoms with Gasteiger partial charge in [0.05, 0.1) is 6.54 Å². The average molecular weight is 98.1 g/mol. The first-order valence-corrected chi connectivity index (χ1v) is 2.26. The third-order valence-corrected chi connectivity index (χ3v) is 0.548. The van der Waals surface area contributed by atoms with Gasteiger partial charge in [-0.15, -0.1) is 6.42 Å². The first-order chi connectivity index (χ1) is 3.41. The summed E-state index contributed by atoms with van der Waals surface area (Å²) in [6, 6.07) is 0. The molecule has 0 rings (SSSR count). The number of nitrogens with two attached hydrogens (primary N) is 1. The lowest BCUT2D eigenvalue weighted by molar-refractivity contribution is 0.763. The van der Waals surface area contributed by atoms with Crippen LogP contribution in [0.25, 0.3) is 0 Å². The van der Waals surface area contributed by atoms with E-state index in [0.29, 0.717) is 13.1 Å². The van der Waals surface area contributed by atoms with Crippen molar-refractivity contribution in [3.63, 3.8) is 0 Å². The molecular formula is C5H10N2. The van der Waals surface area contributed by atoms with E-state index in [9.17, 15) is 0 Å². The highest BCUT2D eigenvalue weighted by molar-refractivity contribution is 4.86. The predicted molar refractivity (Wildman–Crippen MR) is 30.8 cm³/mol. The van der Waals surface area contributed by atoms with Crippen LogP contribution in [0.4, 0.5) is 0 Å². The molecule has 2 nitrogen and oxygen atoms in total. The van der Waals surface area contributed by atoms with E-state index in [-0.39, 0.29) is 0 Å². The van der Waals surface area contributed by atoms with Crippen molar-refractivity contribution in [2.24, 2.45) is 5.73 Å².